The van der Waals surface area contributed by atoms with Crippen LogP contribution in [-0.4, -0.2) is 51.5 Å². The van der Waals surface area contributed by atoms with Gasteiger partial charge >= 0.3 is 0 Å². The zero-order valence-electron chi connectivity index (χ0n) is 21.2. The second-order valence-electron chi connectivity index (χ2n) is 8.02. The molecule has 0 spiro atoms. The van der Waals surface area contributed by atoms with Crippen LogP contribution in [0.2, 0.25) is 0 Å². The summed E-state index contributed by atoms with van der Waals surface area (Å²) in [4.78, 5) is 25.4. The Morgan fingerprint density at radius 2 is 1.82 bits per heavy atom. The van der Waals surface area contributed by atoms with Gasteiger partial charge in [-0.2, -0.15) is 5.10 Å². The first-order chi connectivity index (χ1) is 19.0. The molecule has 1 aromatic carbocycles. The molecule has 198 valence electrons. The fourth-order valence-electron chi connectivity index (χ4n) is 3.80. The largest absolute Gasteiger partial charge is 0.493 e. The summed E-state index contributed by atoms with van der Waals surface area (Å²) in [7, 11) is 3.05. The van der Waals surface area contributed by atoms with Crippen LogP contribution in [0.1, 0.15) is 17.4 Å². The fraction of sp³-hybridized carbons (Fsp3) is 0.148. The molecular weight excluding hydrogens is 507 g/mol. The molecule has 0 fully saturated rings. The number of methoxy groups -OCH3 is 2. The number of benzene rings is 1. The minimum absolute atomic E-state index is 0.0325. The van der Waals surface area contributed by atoms with Gasteiger partial charge in [0.15, 0.2) is 34.6 Å². The van der Waals surface area contributed by atoms with Gasteiger partial charge in [0.2, 0.25) is 0 Å². The molecule has 0 aliphatic rings. The van der Waals surface area contributed by atoms with E-state index in [1.54, 1.807) is 62.0 Å². The van der Waals surface area contributed by atoms with Crippen LogP contribution in [0.15, 0.2) is 67.4 Å². The van der Waals surface area contributed by atoms with Gasteiger partial charge in [-0.25, -0.2) is 14.1 Å². The molecule has 0 saturated carbocycles. The number of hydrogen-bond donors (Lipinski definition) is 1. The molecule has 39 heavy (non-hydrogen) atoms. The third kappa shape index (κ3) is 5.25. The minimum atomic E-state index is -0.803. The van der Waals surface area contributed by atoms with E-state index in [0.29, 0.717) is 40.4 Å². The SMILES string of the molecule is CCOc1cn(-c2cccnc2)nc1C(=O)Nc1ncc(Oc2ccnc3cc(OC)c(OC)cc23)cc1F. The molecule has 5 aromatic rings. The molecule has 11 nitrogen and oxygen atoms in total. The first-order valence-electron chi connectivity index (χ1n) is 11.8. The summed E-state index contributed by atoms with van der Waals surface area (Å²) in [6, 6.07) is 9.70. The molecule has 4 aromatic heterocycles. The van der Waals surface area contributed by atoms with Crippen molar-refractivity contribution >= 4 is 22.6 Å². The van der Waals surface area contributed by atoms with E-state index in [2.05, 4.69) is 25.4 Å². The maximum absolute atomic E-state index is 15.0. The Labute approximate surface area is 222 Å². The fourth-order valence-corrected chi connectivity index (χ4v) is 3.80. The normalized spacial score (nSPS) is 10.8. The number of amides is 1. The van der Waals surface area contributed by atoms with Gasteiger partial charge < -0.3 is 24.3 Å². The molecule has 12 heteroatoms. The van der Waals surface area contributed by atoms with Crippen molar-refractivity contribution < 1.29 is 28.1 Å². The first-order valence-corrected chi connectivity index (χ1v) is 11.8. The molecule has 0 atom stereocenters. The predicted octanol–water partition coefficient (Wildman–Crippen LogP) is 4.81. The molecule has 0 aliphatic carbocycles. The number of rotatable bonds is 9. The van der Waals surface area contributed by atoms with Gasteiger partial charge in [0.1, 0.15) is 11.5 Å². The van der Waals surface area contributed by atoms with E-state index in [0.717, 1.165) is 6.07 Å². The highest BCUT2D eigenvalue weighted by molar-refractivity contribution is 6.04. The maximum atomic E-state index is 15.0. The van der Waals surface area contributed by atoms with E-state index in [-0.39, 0.29) is 23.0 Å². The van der Waals surface area contributed by atoms with Crippen molar-refractivity contribution in [3.05, 3.63) is 78.9 Å². The molecule has 5 rings (SSSR count). The quantitative estimate of drug-likeness (QED) is 0.286. The van der Waals surface area contributed by atoms with Crippen LogP contribution in [0.5, 0.6) is 28.7 Å². The van der Waals surface area contributed by atoms with E-state index in [1.807, 2.05) is 0 Å². The van der Waals surface area contributed by atoms with Crippen LogP contribution < -0.4 is 24.3 Å². The van der Waals surface area contributed by atoms with Crippen LogP contribution in [-0.2, 0) is 0 Å². The summed E-state index contributed by atoms with van der Waals surface area (Å²) in [5.74, 6) is -0.0364. The Morgan fingerprint density at radius 3 is 2.54 bits per heavy atom. The summed E-state index contributed by atoms with van der Waals surface area (Å²) in [5, 5.41) is 7.36. The number of carbonyl (C=O) groups excluding carboxylic acids is 1. The number of hydrogen-bond acceptors (Lipinski definition) is 9. The van der Waals surface area contributed by atoms with Crippen molar-refractivity contribution in [3.8, 4) is 34.4 Å². The lowest BCUT2D eigenvalue weighted by Gasteiger charge is -2.12. The van der Waals surface area contributed by atoms with Gasteiger partial charge in [-0.1, -0.05) is 0 Å². The van der Waals surface area contributed by atoms with Gasteiger partial charge in [0.25, 0.3) is 5.91 Å². The van der Waals surface area contributed by atoms with E-state index in [1.165, 1.54) is 25.1 Å². The van der Waals surface area contributed by atoms with Gasteiger partial charge in [0.05, 0.1) is 50.6 Å². The molecular formula is C27H23FN6O5. The highest BCUT2D eigenvalue weighted by atomic mass is 19.1. The molecule has 0 saturated heterocycles. The minimum Gasteiger partial charge on any atom is -0.493 e. The van der Waals surface area contributed by atoms with Crippen LogP contribution in [0.25, 0.3) is 16.6 Å². The Bertz CT molecular complexity index is 1640. The zero-order valence-corrected chi connectivity index (χ0v) is 21.2. The Balaban J connectivity index is 1.38. The number of pyridine rings is 3. The summed E-state index contributed by atoms with van der Waals surface area (Å²) < 4.78 is 38.6. The maximum Gasteiger partial charge on any atom is 0.281 e. The number of halogens is 1. The average Bonchev–Trinajstić information content (AvgIpc) is 3.38. The van der Waals surface area contributed by atoms with Crippen LogP contribution >= 0.6 is 0 Å². The highest BCUT2D eigenvalue weighted by Gasteiger charge is 2.21. The van der Waals surface area contributed by atoms with Crippen molar-refractivity contribution in [1.82, 2.24) is 24.7 Å². The lowest BCUT2D eigenvalue weighted by Crippen LogP contribution is -2.16. The number of ether oxygens (including phenoxy) is 4. The Hall–Kier alpha value is -5.26. The molecule has 1 amide bonds. The smallest absolute Gasteiger partial charge is 0.281 e. The number of nitrogens with zero attached hydrogens (tertiary/aromatic N) is 5. The van der Waals surface area contributed by atoms with Crippen molar-refractivity contribution in [2.45, 2.75) is 6.92 Å². The number of fused-ring (bicyclic) bond motifs is 1. The molecule has 4 heterocycles. The van der Waals surface area contributed by atoms with Crippen LogP contribution in [0.3, 0.4) is 0 Å². The van der Waals surface area contributed by atoms with Gasteiger partial charge in [0, 0.05) is 29.9 Å². The standard InChI is InChI=1S/C27H23FN6O5/c1-4-38-24-15-34(16-6-5-8-29-13-16)33-25(24)27(35)32-26-19(28)10-17(14-31-26)39-21-7-9-30-20-12-23(37-3)22(36-2)11-18(20)21/h5-15H,4H2,1-3H3,(H,31,32,35). The molecule has 0 aliphatic heterocycles. The lowest BCUT2D eigenvalue weighted by molar-refractivity contribution is 0.101. The highest BCUT2D eigenvalue weighted by Crippen LogP contribution is 2.37. The number of aromatic nitrogens is 5. The summed E-state index contributed by atoms with van der Waals surface area (Å²) in [6.07, 6.45) is 7.62. The molecule has 0 bridgehead atoms. The number of anilines is 1. The number of carbonyl (C=O) groups is 1. The average molecular weight is 531 g/mol. The van der Waals surface area contributed by atoms with E-state index < -0.39 is 11.7 Å². The van der Waals surface area contributed by atoms with Gasteiger partial charge in [-0.15, -0.1) is 0 Å². The Morgan fingerprint density at radius 1 is 1.00 bits per heavy atom. The van der Waals surface area contributed by atoms with Crippen LogP contribution in [0, 0.1) is 5.82 Å². The lowest BCUT2D eigenvalue weighted by atomic mass is 10.2. The van der Waals surface area contributed by atoms with Gasteiger partial charge in [-0.05, 0) is 31.2 Å². The summed E-state index contributed by atoms with van der Waals surface area (Å²) >= 11 is 0. The molecule has 1 N–H and O–H groups in total. The van der Waals surface area contributed by atoms with E-state index >= 15 is 4.39 Å². The van der Waals surface area contributed by atoms with Crippen molar-refractivity contribution in [3.63, 3.8) is 0 Å². The monoisotopic (exact) mass is 530 g/mol. The van der Waals surface area contributed by atoms with E-state index in [9.17, 15) is 4.79 Å². The molecule has 0 unspecified atom stereocenters. The van der Waals surface area contributed by atoms with Crippen molar-refractivity contribution in [2.24, 2.45) is 0 Å². The van der Waals surface area contributed by atoms with Gasteiger partial charge in [-0.3, -0.25) is 14.8 Å². The van der Waals surface area contributed by atoms with Crippen LogP contribution in [0.4, 0.5) is 10.2 Å². The third-order valence-electron chi connectivity index (χ3n) is 5.59. The summed E-state index contributed by atoms with van der Waals surface area (Å²) in [5.41, 5.74) is 1.19. The second kappa shape index (κ2) is 11.0. The zero-order chi connectivity index (χ0) is 27.4. The Kier molecular flexibility index (Phi) is 7.17. The molecule has 0 radical (unpaired) electrons. The van der Waals surface area contributed by atoms with Crippen molar-refractivity contribution in [2.75, 3.05) is 26.1 Å². The summed E-state index contributed by atoms with van der Waals surface area (Å²) in [6.45, 7) is 2.08. The van der Waals surface area contributed by atoms with Crippen molar-refractivity contribution in [1.29, 1.82) is 0 Å². The number of nitrogens with one attached hydrogen (secondary N) is 1. The third-order valence-corrected chi connectivity index (χ3v) is 5.59. The topological polar surface area (TPSA) is 123 Å². The van der Waals surface area contributed by atoms with E-state index in [4.69, 9.17) is 18.9 Å². The second-order valence-corrected chi connectivity index (χ2v) is 8.02. The first kappa shape index (κ1) is 25.4. The predicted molar refractivity (Wildman–Crippen MR) is 140 cm³/mol.